The highest BCUT2D eigenvalue weighted by Crippen LogP contribution is 2.17. The minimum absolute atomic E-state index is 0.124. The largest absolute Gasteiger partial charge is 0.462 e. The number of carbonyl (C=O) groups excluding carboxylic acids is 2. The second-order valence-electron chi connectivity index (χ2n) is 8.65. The molecule has 1 aromatic carbocycles. The number of esters is 2. The lowest BCUT2D eigenvalue weighted by atomic mass is 9.98. The first-order valence-corrected chi connectivity index (χ1v) is 10.8. The third-order valence-electron chi connectivity index (χ3n) is 4.48. The van der Waals surface area contributed by atoms with Crippen molar-refractivity contribution in [3.05, 3.63) is 35.4 Å². The van der Waals surface area contributed by atoms with Crippen molar-refractivity contribution in [2.45, 2.75) is 85.5 Å². The van der Waals surface area contributed by atoms with Gasteiger partial charge < -0.3 is 9.47 Å². The van der Waals surface area contributed by atoms with E-state index in [1.54, 1.807) is 24.3 Å². The molecule has 4 nitrogen and oxygen atoms in total. The Balaban J connectivity index is 2.34. The van der Waals surface area contributed by atoms with Gasteiger partial charge in [0.1, 0.15) is 0 Å². The van der Waals surface area contributed by atoms with Gasteiger partial charge in [-0.25, -0.2) is 9.59 Å². The van der Waals surface area contributed by atoms with Gasteiger partial charge >= 0.3 is 11.9 Å². The lowest BCUT2D eigenvalue weighted by Crippen LogP contribution is -2.20. The van der Waals surface area contributed by atoms with Crippen molar-refractivity contribution in [3.63, 3.8) is 0 Å². The molecule has 158 valence electrons. The van der Waals surface area contributed by atoms with Crippen LogP contribution in [0.1, 0.15) is 106 Å². The van der Waals surface area contributed by atoms with Crippen molar-refractivity contribution in [1.29, 1.82) is 0 Å². The standard InChI is InChI=1S/C24H38O4/c1-5-6-7-8-9-10-11-12-15-18-27-22(25)20-16-13-14-17-21(20)23(26)28-19-24(2,3)4/h13-14,16-17H,5-12,15,18-19H2,1-4H3. The summed E-state index contributed by atoms with van der Waals surface area (Å²) in [6.45, 7) is 8.89. The maximum Gasteiger partial charge on any atom is 0.339 e. The van der Waals surface area contributed by atoms with Crippen molar-refractivity contribution in [2.24, 2.45) is 5.41 Å². The Morgan fingerprint density at radius 3 is 1.71 bits per heavy atom. The summed E-state index contributed by atoms with van der Waals surface area (Å²) in [5.74, 6) is -0.937. The Bertz CT molecular complexity index is 587. The van der Waals surface area contributed by atoms with Crippen molar-refractivity contribution in [3.8, 4) is 0 Å². The van der Waals surface area contributed by atoms with Gasteiger partial charge in [-0.15, -0.1) is 0 Å². The van der Waals surface area contributed by atoms with Crippen LogP contribution in [0.25, 0.3) is 0 Å². The Morgan fingerprint density at radius 2 is 1.21 bits per heavy atom. The van der Waals surface area contributed by atoms with Gasteiger partial charge in [-0.3, -0.25) is 0 Å². The van der Waals surface area contributed by atoms with Crippen molar-refractivity contribution in [2.75, 3.05) is 13.2 Å². The number of hydrogen-bond acceptors (Lipinski definition) is 4. The van der Waals surface area contributed by atoms with Gasteiger partial charge in [-0.2, -0.15) is 0 Å². The van der Waals surface area contributed by atoms with Crippen LogP contribution in [0.5, 0.6) is 0 Å². The third-order valence-corrected chi connectivity index (χ3v) is 4.48. The summed E-state index contributed by atoms with van der Waals surface area (Å²) in [5.41, 5.74) is 0.419. The summed E-state index contributed by atoms with van der Waals surface area (Å²) in [5, 5.41) is 0. The van der Waals surface area contributed by atoms with Gasteiger partial charge in [0.2, 0.25) is 0 Å². The molecule has 0 aliphatic carbocycles. The molecule has 4 heteroatoms. The Labute approximate surface area is 171 Å². The summed E-state index contributed by atoms with van der Waals surface area (Å²) in [4.78, 5) is 24.7. The van der Waals surface area contributed by atoms with E-state index in [1.807, 2.05) is 20.8 Å². The Hall–Kier alpha value is -1.84. The average Bonchev–Trinajstić information content (AvgIpc) is 2.66. The zero-order chi connectivity index (χ0) is 20.8. The summed E-state index contributed by atoms with van der Waals surface area (Å²) in [6.07, 6.45) is 10.9. The van der Waals surface area contributed by atoms with Gasteiger partial charge in [-0.1, -0.05) is 91.2 Å². The fraction of sp³-hybridized carbons (Fsp3) is 0.667. The van der Waals surface area contributed by atoms with Crippen LogP contribution < -0.4 is 0 Å². The maximum atomic E-state index is 12.4. The molecule has 0 aliphatic heterocycles. The predicted octanol–water partition coefficient (Wildman–Crippen LogP) is 6.58. The lowest BCUT2D eigenvalue weighted by molar-refractivity contribution is 0.0352. The van der Waals surface area contributed by atoms with Crippen molar-refractivity contribution >= 4 is 11.9 Å². The van der Waals surface area contributed by atoms with Gasteiger partial charge in [0.15, 0.2) is 0 Å². The molecule has 0 unspecified atom stereocenters. The summed E-state index contributed by atoms with van der Waals surface area (Å²) in [7, 11) is 0. The van der Waals surface area contributed by atoms with Gasteiger partial charge in [0, 0.05) is 0 Å². The highest BCUT2D eigenvalue weighted by molar-refractivity contribution is 6.03. The predicted molar refractivity (Wildman–Crippen MR) is 114 cm³/mol. The fourth-order valence-corrected chi connectivity index (χ4v) is 2.85. The lowest BCUT2D eigenvalue weighted by Gasteiger charge is -2.18. The molecule has 0 heterocycles. The molecule has 0 bridgehead atoms. The van der Waals surface area contributed by atoms with E-state index in [0.29, 0.717) is 13.2 Å². The quantitative estimate of drug-likeness (QED) is 0.282. The van der Waals surface area contributed by atoms with Crippen LogP contribution >= 0.6 is 0 Å². The molecule has 0 aliphatic rings. The van der Waals surface area contributed by atoms with Crippen LogP contribution in [0.15, 0.2) is 24.3 Å². The maximum absolute atomic E-state index is 12.4. The monoisotopic (exact) mass is 390 g/mol. The number of hydrogen-bond donors (Lipinski definition) is 0. The number of ether oxygens (including phenoxy) is 2. The highest BCUT2D eigenvalue weighted by Gasteiger charge is 2.21. The van der Waals surface area contributed by atoms with Crippen LogP contribution in [0.2, 0.25) is 0 Å². The number of carbonyl (C=O) groups is 2. The molecule has 1 rings (SSSR count). The number of unbranched alkanes of at least 4 members (excludes halogenated alkanes) is 8. The van der Waals surface area contributed by atoms with Crippen LogP contribution in [0.3, 0.4) is 0 Å². The number of benzene rings is 1. The first kappa shape index (κ1) is 24.2. The molecule has 28 heavy (non-hydrogen) atoms. The summed E-state index contributed by atoms with van der Waals surface area (Å²) in [6, 6.07) is 6.69. The fourth-order valence-electron chi connectivity index (χ4n) is 2.85. The van der Waals surface area contributed by atoms with E-state index in [-0.39, 0.29) is 16.5 Å². The van der Waals surface area contributed by atoms with Gasteiger partial charge in [-0.05, 0) is 24.0 Å². The molecule has 0 atom stereocenters. The SMILES string of the molecule is CCCCCCCCCCCOC(=O)c1ccccc1C(=O)OCC(C)(C)C. The highest BCUT2D eigenvalue weighted by atomic mass is 16.5. The molecular weight excluding hydrogens is 352 g/mol. The Morgan fingerprint density at radius 1 is 0.750 bits per heavy atom. The summed E-state index contributed by atoms with van der Waals surface area (Å²) < 4.78 is 10.7. The topological polar surface area (TPSA) is 52.6 Å². The van der Waals surface area contributed by atoms with Crippen LogP contribution in [0, 0.1) is 5.41 Å². The normalized spacial score (nSPS) is 11.3. The molecule has 0 aromatic heterocycles. The molecule has 0 radical (unpaired) electrons. The molecule has 0 N–H and O–H groups in total. The van der Waals surface area contributed by atoms with Crippen molar-refractivity contribution in [1.82, 2.24) is 0 Å². The van der Waals surface area contributed by atoms with Gasteiger partial charge in [0.25, 0.3) is 0 Å². The van der Waals surface area contributed by atoms with E-state index in [1.165, 1.54) is 44.9 Å². The second kappa shape index (κ2) is 13.4. The third kappa shape index (κ3) is 10.5. The Kier molecular flexibility index (Phi) is 11.5. The van der Waals surface area contributed by atoms with E-state index < -0.39 is 11.9 Å². The molecule has 0 fully saturated rings. The van der Waals surface area contributed by atoms with E-state index in [2.05, 4.69) is 6.92 Å². The minimum atomic E-state index is -0.481. The van der Waals surface area contributed by atoms with Gasteiger partial charge in [0.05, 0.1) is 24.3 Å². The van der Waals surface area contributed by atoms with E-state index >= 15 is 0 Å². The van der Waals surface area contributed by atoms with Crippen LogP contribution in [0.4, 0.5) is 0 Å². The average molecular weight is 391 g/mol. The first-order chi connectivity index (χ1) is 13.3. The van der Waals surface area contributed by atoms with Crippen molar-refractivity contribution < 1.29 is 19.1 Å². The smallest absolute Gasteiger partial charge is 0.339 e. The molecule has 0 amide bonds. The zero-order valence-corrected chi connectivity index (χ0v) is 18.2. The minimum Gasteiger partial charge on any atom is -0.462 e. The van der Waals surface area contributed by atoms with Crippen LogP contribution in [-0.2, 0) is 9.47 Å². The molecule has 0 saturated carbocycles. The van der Waals surface area contributed by atoms with Crippen LogP contribution in [-0.4, -0.2) is 25.2 Å². The van der Waals surface area contributed by atoms with E-state index in [9.17, 15) is 9.59 Å². The zero-order valence-electron chi connectivity index (χ0n) is 18.2. The van der Waals surface area contributed by atoms with E-state index in [4.69, 9.17) is 9.47 Å². The summed E-state index contributed by atoms with van der Waals surface area (Å²) >= 11 is 0. The molecule has 0 spiro atoms. The molecular formula is C24H38O4. The molecule has 1 aromatic rings. The number of rotatable bonds is 13. The first-order valence-electron chi connectivity index (χ1n) is 10.8. The second-order valence-corrected chi connectivity index (χ2v) is 8.65. The van der Waals surface area contributed by atoms with E-state index in [0.717, 1.165) is 12.8 Å². The molecule has 0 saturated heterocycles.